The van der Waals surface area contributed by atoms with Crippen LogP contribution in [0, 0.1) is 0 Å². The van der Waals surface area contributed by atoms with Gasteiger partial charge in [0.2, 0.25) is 5.75 Å². The van der Waals surface area contributed by atoms with Crippen LogP contribution < -0.4 is 24.3 Å². The quantitative estimate of drug-likeness (QED) is 0.170. The van der Waals surface area contributed by atoms with Crippen LogP contribution in [0.1, 0.15) is 32.8 Å². The third-order valence-corrected chi connectivity index (χ3v) is 11.4. The molecule has 0 saturated heterocycles. The van der Waals surface area contributed by atoms with Gasteiger partial charge in [-0.2, -0.15) is 0 Å². The Bertz CT molecular complexity index is 996. The molecule has 0 atom stereocenters. The Morgan fingerprint density at radius 3 is 1.82 bits per heavy atom. The maximum atomic E-state index is 7.24. The van der Waals surface area contributed by atoms with Crippen molar-refractivity contribution in [2.24, 2.45) is 0 Å². The van der Waals surface area contributed by atoms with Crippen molar-refractivity contribution in [3.8, 4) is 17.2 Å². The van der Waals surface area contributed by atoms with Crippen molar-refractivity contribution in [2.45, 2.75) is 38.8 Å². The lowest BCUT2D eigenvalue weighted by atomic mass is 10.2. The van der Waals surface area contributed by atoms with Crippen LogP contribution >= 0.6 is 15.9 Å². The Morgan fingerprint density at radius 2 is 1.35 bits per heavy atom. The standard InChI is InChI=1S/C28H35BrO4Si/c1-28(2,3)34(23-13-8-6-9-14-23,24-15-10-7-11-16-24)33-26-20-22(21-32-18-12-17-29)19-25(30-4)27(26)31-5/h6-11,13-16,19-20H,12,17-18,21H2,1-5H3. The second-order valence-corrected chi connectivity index (χ2v) is 14.2. The number of methoxy groups -OCH3 is 2. The van der Waals surface area contributed by atoms with E-state index in [-0.39, 0.29) is 5.04 Å². The third-order valence-electron chi connectivity index (χ3n) is 5.88. The van der Waals surface area contributed by atoms with Crippen LogP contribution in [0.15, 0.2) is 72.8 Å². The minimum absolute atomic E-state index is 0.170. The normalized spacial score (nSPS) is 11.8. The van der Waals surface area contributed by atoms with Gasteiger partial charge in [0.25, 0.3) is 0 Å². The lowest BCUT2D eigenvalue weighted by Gasteiger charge is -2.43. The summed E-state index contributed by atoms with van der Waals surface area (Å²) in [6.45, 7) is 7.94. The van der Waals surface area contributed by atoms with Crippen molar-refractivity contribution in [1.82, 2.24) is 0 Å². The Hall–Kier alpha value is -2.28. The van der Waals surface area contributed by atoms with Crippen LogP contribution in [0.4, 0.5) is 0 Å². The van der Waals surface area contributed by atoms with E-state index in [0.717, 1.165) is 17.3 Å². The molecule has 0 saturated carbocycles. The minimum atomic E-state index is -2.82. The summed E-state index contributed by atoms with van der Waals surface area (Å²) in [5, 5.41) is 3.15. The highest BCUT2D eigenvalue weighted by Crippen LogP contribution is 2.44. The molecule has 0 fully saturated rings. The van der Waals surface area contributed by atoms with Gasteiger partial charge in [0.05, 0.1) is 20.8 Å². The first-order chi connectivity index (χ1) is 16.4. The first kappa shape index (κ1) is 26.3. The van der Waals surface area contributed by atoms with Crippen molar-refractivity contribution in [1.29, 1.82) is 0 Å². The average molecular weight is 544 g/mol. The molecule has 0 aliphatic rings. The van der Waals surface area contributed by atoms with Gasteiger partial charge in [-0.1, -0.05) is 97.4 Å². The smallest absolute Gasteiger partial charge is 0.320 e. The van der Waals surface area contributed by atoms with E-state index in [9.17, 15) is 0 Å². The van der Waals surface area contributed by atoms with E-state index in [1.165, 1.54) is 10.4 Å². The fourth-order valence-electron chi connectivity index (χ4n) is 4.30. The number of benzene rings is 3. The monoisotopic (exact) mass is 542 g/mol. The lowest BCUT2D eigenvalue weighted by Crippen LogP contribution is -2.68. The molecule has 0 bridgehead atoms. The van der Waals surface area contributed by atoms with E-state index in [1.807, 2.05) is 24.3 Å². The molecule has 34 heavy (non-hydrogen) atoms. The second kappa shape index (κ2) is 11.9. The van der Waals surface area contributed by atoms with Crippen LogP contribution in [0.25, 0.3) is 0 Å². The molecule has 3 aromatic carbocycles. The summed E-state index contributed by atoms with van der Waals surface area (Å²) in [6.07, 6.45) is 0.957. The first-order valence-electron chi connectivity index (χ1n) is 11.6. The Balaban J connectivity index is 2.19. The van der Waals surface area contributed by atoms with Crippen molar-refractivity contribution in [3.63, 3.8) is 0 Å². The van der Waals surface area contributed by atoms with E-state index in [1.54, 1.807) is 14.2 Å². The number of hydrogen-bond acceptors (Lipinski definition) is 4. The van der Waals surface area contributed by atoms with Crippen LogP contribution in [0.3, 0.4) is 0 Å². The topological polar surface area (TPSA) is 36.9 Å². The highest BCUT2D eigenvalue weighted by Gasteiger charge is 2.52. The van der Waals surface area contributed by atoms with Crippen LogP contribution in [-0.4, -0.2) is 34.5 Å². The summed E-state index contributed by atoms with van der Waals surface area (Å²) in [5.41, 5.74) is 0.986. The number of alkyl halides is 1. The summed E-state index contributed by atoms with van der Waals surface area (Å²) in [6, 6.07) is 25.2. The maximum absolute atomic E-state index is 7.24. The summed E-state index contributed by atoms with van der Waals surface area (Å²) in [7, 11) is 0.485. The molecule has 0 radical (unpaired) electrons. The van der Waals surface area contributed by atoms with Crippen molar-refractivity contribution < 1.29 is 18.6 Å². The SMILES string of the molecule is COc1cc(COCCCBr)cc(O[Si](c2ccccc2)(c2ccccc2)C(C)(C)C)c1OC. The van der Waals surface area contributed by atoms with Crippen LogP contribution in [-0.2, 0) is 11.3 Å². The Kier molecular flexibility index (Phi) is 9.22. The molecule has 0 N–H and O–H groups in total. The predicted molar refractivity (Wildman–Crippen MR) is 146 cm³/mol. The first-order valence-corrected chi connectivity index (χ1v) is 14.6. The van der Waals surface area contributed by atoms with Crippen molar-refractivity contribution >= 4 is 34.6 Å². The number of halogens is 1. The number of rotatable bonds is 11. The summed E-state index contributed by atoms with van der Waals surface area (Å²) >= 11 is 3.45. The number of hydrogen-bond donors (Lipinski definition) is 0. The van der Waals surface area contributed by atoms with Crippen molar-refractivity contribution in [3.05, 3.63) is 78.4 Å². The zero-order chi connectivity index (χ0) is 24.6. The van der Waals surface area contributed by atoms with E-state index in [2.05, 4.69) is 85.2 Å². The van der Waals surface area contributed by atoms with Gasteiger partial charge in [-0.3, -0.25) is 0 Å². The molecule has 0 amide bonds. The van der Waals surface area contributed by atoms with Gasteiger partial charge in [-0.15, -0.1) is 0 Å². The fourth-order valence-corrected chi connectivity index (χ4v) is 8.95. The van der Waals surface area contributed by atoms with Crippen molar-refractivity contribution in [2.75, 3.05) is 26.2 Å². The largest absolute Gasteiger partial charge is 0.531 e. The molecule has 0 heterocycles. The zero-order valence-electron chi connectivity index (χ0n) is 20.8. The second-order valence-electron chi connectivity index (χ2n) is 9.19. The van der Waals surface area contributed by atoms with Gasteiger partial charge in [0.15, 0.2) is 11.5 Å². The molecule has 3 aromatic rings. The molecule has 6 heteroatoms. The van der Waals surface area contributed by atoms with Gasteiger partial charge in [0.1, 0.15) is 0 Å². The van der Waals surface area contributed by atoms with Crippen LogP contribution in [0.2, 0.25) is 5.04 Å². The highest BCUT2D eigenvalue weighted by molar-refractivity contribution is 9.09. The summed E-state index contributed by atoms with van der Waals surface area (Å²) < 4.78 is 24.7. The molecule has 0 aromatic heterocycles. The number of ether oxygens (including phenoxy) is 3. The van der Waals surface area contributed by atoms with E-state index in [0.29, 0.717) is 30.5 Å². The summed E-state index contributed by atoms with van der Waals surface area (Å²) in [5.74, 6) is 1.91. The summed E-state index contributed by atoms with van der Waals surface area (Å²) in [4.78, 5) is 0. The molecule has 4 nitrogen and oxygen atoms in total. The third kappa shape index (κ3) is 5.67. The molecule has 182 valence electrons. The fraction of sp³-hybridized carbons (Fsp3) is 0.357. The van der Waals surface area contributed by atoms with Crippen LogP contribution in [0.5, 0.6) is 17.2 Å². The lowest BCUT2D eigenvalue weighted by molar-refractivity contribution is 0.122. The van der Waals surface area contributed by atoms with Gasteiger partial charge >= 0.3 is 8.32 Å². The zero-order valence-corrected chi connectivity index (χ0v) is 23.4. The van der Waals surface area contributed by atoms with E-state index >= 15 is 0 Å². The Labute approximate surface area is 213 Å². The molecule has 0 aliphatic carbocycles. The maximum Gasteiger partial charge on any atom is 0.320 e. The van der Waals surface area contributed by atoms with Gasteiger partial charge in [-0.25, -0.2) is 0 Å². The molecule has 0 spiro atoms. The average Bonchev–Trinajstić information content (AvgIpc) is 2.85. The molecule has 0 unspecified atom stereocenters. The molecule has 0 aliphatic heterocycles. The molecular formula is C28H35BrO4Si. The minimum Gasteiger partial charge on any atom is -0.531 e. The highest BCUT2D eigenvalue weighted by atomic mass is 79.9. The van der Waals surface area contributed by atoms with E-state index < -0.39 is 8.32 Å². The van der Waals surface area contributed by atoms with E-state index in [4.69, 9.17) is 18.6 Å². The van der Waals surface area contributed by atoms with Gasteiger partial charge in [0, 0.05) is 11.9 Å². The molecular weight excluding hydrogens is 508 g/mol. The predicted octanol–water partition coefficient (Wildman–Crippen LogP) is 5.94. The van der Waals surface area contributed by atoms with Gasteiger partial charge < -0.3 is 18.6 Å². The Morgan fingerprint density at radius 1 is 0.794 bits per heavy atom. The van der Waals surface area contributed by atoms with Gasteiger partial charge in [-0.05, 0) is 39.5 Å². The molecule has 3 rings (SSSR count).